The second kappa shape index (κ2) is 5.54. The van der Waals surface area contributed by atoms with Gasteiger partial charge in [-0.05, 0) is 32.0 Å². The van der Waals surface area contributed by atoms with Gasteiger partial charge in [-0.3, -0.25) is 4.98 Å². The predicted octanol–water partition coefficient (Wildman–Crippen LogP) is 2.32. The Morgan fingerprint density at radius 3 is 2.58 bits per heavy atom. The van der Waals surface area contributed by atoms with E-state index in [4.69, 9.17) is 0 Å². The first kappa shape index (κ1) is 15.6. The predicted molar refractivity (Wildman–Crippen MR) is 83.8 cm³/mol. The number of hydrogen-bond donors (Lipinski definition) is 1. The highest BCUT2D eigenvalue weighted by molar-refractivity contribution is 5.89. The second-order valence-corrected chi connectivity index (χ2v) is 6.79. The van der Waals surface area contributed by atoms with E-state index >= 15 is 0 Å². The fourth-order valence-corrected chi connectivity index (χ4v) is 3.73. The molecule has 2 aromatic rings. The largest absolute Gasteiger partial charge is 0.394 e. The lowest BCUT2D eigenvalue weighted by atomic mass is 9.72. The summed E-state index contributed by atoms with van der Waals surface area (Å²) in [5.74, 6) is 0.718. The fraction of sp³-hybridized carbons (Fsp3) is 0.562. The van der Waals surface area contributed by atoms with Crippen molar-refractivity contribution in [3.8, 4) is 0 Å². The number of nitrogens with one attached hydrogen (secondary N) is 1. The zero-order valence-corrected chi connectivity index (χ0v) is 13.1. The van der Waals surface area contributed by atoms with Crippen LogP contribution in [0.1, 0.15) is 18.5 Å². The summed E-state index contributed by atoms with van der Waals surface area (Å²) in [6.07, 6.45) is -0.183. The van der Waals surface area contributed by atoms with Crippen LogP contribution in [-0.2, 0) is 6.42 Å². The molecule has 2 aliphatic heterocycles. The van der Waals surface area contributed by atoms with Gasteiger partial charge in [-0.15, -0.1) is 0 Å². The Balaban J connectivity index is 1.62. The fourth-order valence-electron chi connectivity index (χ4n) is 3.73. The van der Waals surface area contributed by atoms with Crippen LogP contribution >= 0.6 is 0 Å². The number of alkyl halides is 3. The van der Waals surface area contributed by atoms with Crippen LogP contribution in [0, 0.1) is 5.41 Å². The Morgan fingerprint density at radius 2 is 1.88 bits per heavy atom. The van der Waals surface area contributed by atoms with Crippen LogP contribution in [-0.4, -0.2) is 47.3 Å². The third-order valence-electron chi connectivity index (χ3n) is 4.96. The van der Waals surface area contributed by atoms with Crippen LogP contribution in [0.25, 0.3) is 10.9 Å². The smallest absolute Gasteiger partial charge is 0.355 e. The van der Waals surface area contributed by atoms with Crippen LogP contribution in [0.2, 0.25) is 0 Å². The quantitative estimate of drug-likeness (QED) is 0.911. The van der Waals surface area contributed by atoms with E-state index in [2.05, 4.69) is 25.2 Å². The number of aromatic nitrogens is 3. The normalized spacial score (nSPS) is 20.4. The average molecular weight is 337 g/mol. The van der Waals surface area contributed by atoms with E-state index in [1.165, 1.54) is 18.6 Å². The van der Waals surface area contributed by atoms with Gasteiger partial charge in [-0.2, -0.15) is 13.2 Å². The highest BCUT2D eigenvalue weighted by atomic mass is 19.4. The Hall–Kier alpha value is -1.96. The van der Waals surface area contributed by atoms with E-state index < -0.39 is 12.6 Å². The molecule has 2 aliphatic rings. The monoisotopic (exact) mass is 337 g/mol. The van der Waals surface area contributed by atoms with Crippen molar-refractivity contribution in [2.24, 2.45) is 5.41 Å². The molecule has 0 bridgehead atoms. The first-order valence-corrected chi connectivity index (χ1v) is 8.06. The maximum absolute atomic E-state index is 12.6. The van der Waals surface area contributed by atoms with Crippen molar-refractivity contribution in [1.29, 1.82) is 0 Å². The van der Waals surface area contributed by atoms with Gasteiger partial charge in [-0.1, -0.05) is 0 Å². The Kier molecular flexibility index (Phi) is 3.59. The minimum atomic E-state index is -4.27. The summed E-state index contributed by atoms with van der Waals surface area (Å²) in [6.45, 7) is 3.85. The molecule has 4 heterocycles. The zero-order chi connectivity index (χ0) is 16.8. The van der Waals surface area contributed by atoms with E-state index in [0.29, 0.717) is 16.3 Å². The summed E-state index contributed by atoms with van der Waals surface area (Å²) in [5.41, 5.74) is 0.907. The van der Waals surface area contributed by atoms with Gasteiger partial charge in [0.1, 0.15) is 12.1 Å². The highest BCUT2D eigenvalue weighted by Gasteiger charge is 2.44. The minimum absolute atomic E-state index is 0.00292. The lowest BCUT2D eigenvalue weighted by Crippen LogP contribution is -2.60. The number of fused-ring (bicyclic) bond motifs is 1. The Morgan fingerprint density at radius 1 is 1.12 bits per heavy atom. The molecule has 8 heteroatoms. The molecule has 0 aliphatic carbocycles. The van der Waals surface area contributed by atoms with Gasteiger partial charge in [0, 0.05) is 23.9 Å². The number of hydrogen-bond acceptors (Lipinski definition) is 5. The first-order chi connectivity index (χ1) is 11.4. The number of nitrogens with zero attached hydrogens (tertiary/aromatic N) is 4. The topological polar surface area (TPSA) is 53.9 Å². The molecule has 1 N–H and O–H groups in total. The van der Waals surface area contributed by atoms with Crippen molar-refractivity contribution in [2.45, 2.75) is 25.4 Å². The summed E-state index contributed by atoms with van der Waals surface area (Å²) < 4.78 is 37.9. The van der Waals surface area contributed by atoms with Crippen LogP contribution < -0.4 is 10.2 Å². The van der Waals surface area contributed by atoms with E-state index in [1.54, 1.807) is 0 Å². The molecule has 1 spiro atoms. The number of pyridine rings is 1. The van der Waals surface area contributed by atoms with Gasteiger partial charge in [0.2, 0.25) is 0 Å². The number of piperidine rings is 1. The van der Waals surface area contributed by atoms with E-state index in [9.17, 15) is 13.2 Å². The van der Waals surface area contributed by atoms with Crippen LogP contribution in [0.3, 0.4) is 0 Å². The summed E-state index contributed by atoms with van der Waals surface area (Å²) in [6, 6.07) is 1.48. The van der Waals surface area contributed by atoms with Crippen molar-refractivity contribution in [3.63, 3.8) is 0 Å². The molecule has 2 aromatic heterocycles. The Bertz CT molecular complexity index is 747. The molecular weight excluding hydrogens is 319 g/mol. The van der Waals surface area contributed by atoms with Crippen molar-refractivity contribution >= 4 is 16.7 Å². The number of halogens is 3. The van der Waals surface area contributed by atoms with E-state index in [1.807, 2.05) is 0 Å². The van der Waals surface area contributed by atoms with E-state index in [0.717, 1.165) is 44.8 Å². The van der Waals surface area contributed by atoms with Gasteiger partial charge < -0.3 is 10.2 Å². The third-order valence-corrected chi connectivity index (χ3v) is 4.96. The highest BCUT2D eigenvalue weighted by Crippen LogP contribution is 2.42. The SMILES string of the molecule is FC(F)(F)Cc1cc2c(N3CC4(CCNCC4)C3)ncnc2cn1. The second-order valence-electron chi connectivity index (χ2n) is 6.79. The summed E-state index contributed by atoms with van der Waals surface area (Å²) in [7, 11) is 0. The average Bonchev–Trinajstić information content (AvgIpc) is 2.51. The van der Waals surface area contributed by atoms with Gasteiger partial charge in [0.05, 0.1) is 23.8 Å². The third kappa shape index (κ3) is 2.90. The molecule has 24 heavy (non-hydrogen) atoms. The summed E-state index contributed by atoms with van der Waals surface area (Å²) >= 11 is 0. The van der Waals surface area contributed by atoms with Crippen molar-refractivity contribution < 1.29 is 13.2 Å². The molecule has 0 unspecified atom stereocenters. The molecule has 2 saturated heterocycles. The summed E-state index contributed by atoms with van der Waals surface area (Å²) in [4.78, 5) is 14.5. The molecule has 0 saturated carbocycles. The summed E-state index contributed by atoms with van der Waals surface area (Å²) in [5, 5.41) is 4.01. The van der Waals surface area contributed by atoms with Gasteiger partial charge in [0.15, 0.2) is 0 Å². The van der Waals surface area contributed by atoms with Gasteiger partial charge in [-0.25, -0.2) is 9.97 Å². The Labute approximate surface area is 137 Å². The van der Waals surface area contributed by atoms with Crippen molar-refractivity contribution in [2.75, 3.05) is 31.1 Å². The van der Waals surface area contributed by atoms with Gasteiger partial charge >= 0.3 is 6.18 Å². The minimum Gasteiger partial charge on any atom is -0.355 e. The maximum Gasteiger partial charge on any atom is 0.394 e. The molecule has 2 fully saturated rings. The number of rotatable bonds is 2. The molecular formula is C16H18F3N5. The molecule has 128 valence electrons. The zero-order valence-electron chi connectivity index (χ0n) is 13.1. The molecule has 0 radical (unpaired) electrons. The lowest BCUT2D eigenvalue weighted by molar-refractivity contribution is -0.127. The van der Waals surface area contributed by atoms with Crippen molar-refractivity contribution in [1.82, 2.24) is 20.3 Å². The molecule has 5 nitrogen and oxygen atoms in total. The molecule has 0 amide bonds. The van der Waals surface area contributed by atoms with Crippen LogP contribution in [0.15, 0.2) is 18.6 Å². The first-order valence-electron chi connectivity index (χ1n) is 8.06. The van der Waals surface area contributed by atoms with Crippen molar-refractivity contribution in [3.05, 3.63) is 24.3 Å². The lowest BCUT2D eigenvalue weighted by Gasteiger charge is -2.53. The van der Waals surface area contributed by atoms with E-state index in [-0.39, 0.29) is 5.69 Å². The standard InChI is InChI=1S/C16H18F3N5/c17-16(18,19)6-11-5-12-13(7-21-11)22-10-23-14(12)24-8-15(9-24)1-3-20-4-2-15/h5,7,10,20H,1-4,6,8-9H2. The molecule has 4 rings (SSSR count). The van der Waals surface area contributed by atoms with Crippen LogP contribution in [0.5, 0.6) is 0 Å². The molecule has 0 atom stereocenters. The maximum atomic E-state index is 12.6. The molecule has 0 aromatic carbocycles. The van der Waals surface area contributed by atoms with Gasteiger partial charge in [0.25, 0.3) is 0 Å². The number of anilines is 1. The van der Waals surface area contributed by atoms with Crippen LogP contribution in [0.4, 0.5) is 19.0 Å².